The van der Waals surface area contributed by atoms with Gasteiger partial charge < -0.3 is 5.11 Å². The van der Waals surface area contributed by atoms with E-state index < -0.39 is 5.60 Å². The molecule has 1 rings (SSSR count). The number of rotatable bonds is 2. The lowest BCUT2D eigenvalue weighted by Crippen LogP contribution is -2.16. The molecule has 0 aliphatic carbocycles. The van der Waals surface area contributed by atoms with Gasteiger partial charge in [-0.2, -0.15) is 5.10 Å². The van der Waals surface area contributed by atoms with E-state index in [1.165, 1.54) is 0 Å². The first-order chi connectivity index (χ1) is 5.04. The Morgan fingerprint density at radius 1 is 1.64 bits per heavy atom. The topological polar surface area (TPSA) is 38.0 Å². The van der Waals surface area contributed by atoms with Crippen molar-refractivity contribution >= 4 is 0 Å². The fourth-order valence-electron chi connectivity index (χ4n) is 0.864. The summed E-state index contributed by atoms with van der Waals surface area (Å²) in [6.07, 6.45) is 1.87. The van der Waals surface area contributed by atoms with E-state index >= 15 is 0 Å². The fraction of sp³-hybridized carbons (Fsp3) is 0.625. The molecular weight excluding hydrogens is 140 g/mol. The molecular formula is C8H14N2O. The van der Waals surface area contributed by atoms with Crippen LogP contribution in [0.15, 0.2) is 12.3 Å². The van der Waals surface area contributed by atoms with Crippen molar-refractivity contribution in [3.63, 3.8) is 0 Å². The number of hydrogen-bond donors (Lipinski definition) is 1. The standard InChI is InChI=1S/C8H14N2O/c1-4-10-6-5-7(9-10)8(2,3)11/h5-6,11H,4H2,1-3H3. The van der Waals surface area contributed by atoms with Gasteiger partial charge in [0.1, 0.15) is 5.60 Å². The van der Waals surface area contributed by atoms with Crippen LogP contribution < -0.4 is 0 Å². The largest absolute Gasteiger partial charge is 0.384 e. The van der Waals surface area contributed by atoms with Crippen LogP contribution in [0.2, 0.25) is 0 Å². The molecule has 11 heavy (non-hydrogen) atoms. The minimum absolute atomic E-state index is 0.722. The fourth-order valence-corrected chi connectivity index (χ4v) is 0.864. The van der Waals surface area contributed by atoms with Crippen LogP contribution in [0.4, 0.5) is 0 Å². The zero-order valence-corrected chi connectivity index (χ0v) is 7.20. The van der Waals surface area contributed by atoms with E-state index in [1.54, 1.807) is 18.5 Å². The van der Waals surface area contributed by atoms with Gasteiger partial charge in [-0.05, 0) is 26.8 Å². The maximum atomic E-state index is 9.52. The maximum absolute atomic E-state index is 9.52. The molecule has 1 aromatic rings. The van der Waals surface area contributed by atoms with Crippen LogP contribution in [0, 0.1) is 0 Å². The summed E-state index contributed by atoms with van der Waals surface area (Å²) < 4.78 is 1.80. The highest BCUT2D eigenvalue weighted by atomic mass is 16.3. The second kappa shape index (κ2) is 2.66. The number of aliphatic hydroxyl groups is 1. The van der Waals surface area contributed by atoms with E-state index in [0.29, 0.717) is 0 Å². The molecule has 3 nitrogen and oxygen atoms in total. The van der Waals surface area contributed by atoms with E-state index in [4.69, 9.17) is 0 Å². The summed E-state index contributed by atoms with van der Waals surface area (Å²) in [7, 11) is 0. The van der Waals surface area contributed by atoms with E-state index in [2.05, 4.69) is 5.10 Å². The smallest absolute Gasteiger partial charge is 0.103 e. The molecule has 0 unspecified atom stereocenters. The monoisotopic (exact) mass is 154 g/mol. The summed E-state index contributed by atoms with van der Waals surface area (Å²) in [5.74, 6) is 0. The highest BCUT2D eigenvalue weighted by Gasteiger charge is 2.18. The van der Waals surface area contributed by atoms with Crippen molar-refractivity contribution in [1.82, 2.24) is 9.78 Å². The van der Waals surface area contributed by atoms with Gasteiger partial charge in [0.15, 0.2) is 0 Å². The molecule has 0 fully saturated rings. The van der Waals surface area contributed by atoms with Gasteiger partial charge in [0.25, 0.3) is 0 Å². The van der Waals surface area contributed by atoms with Gasteiger partial charge in [-0.1, -0.05) is 0 Å². The Kier molecular flexibility index (Phi) is 2.00. The maximum Gasteiger partial charge on any atom is 0.103 e. The van der Waals surface area contributed by atoms with Crippen molar-refractivity contribution in [3.05, 3.63) is 18.0 Å². The summed E-state index contributed by atoms with van der Waals surface area (Å²) >= 11 is 0. The van der Waals surface area contributed by atoms with Gasteiger partial charge in [0.05, 0.1) is 5.69 Å². The van der Waals surface area contributed by atoms with E-state index in [1.807, 2.05) is 19.2 Å². The Hall–Kier alpha value is -0.830. The first kappa shape index (κ1) is 8.27. The quantitative estimate of drug-likeness (QED) is 0.693. The molecule has 0 atom stereocenters. The van der Waals surface area contributed by atoms with Crippen LogP contribution in [0.1, 0.15) is 26.5 Å². The Balaban J connectivity index is 2.89. The Morgan fingerprint density at radius 3 is 2.55 bits per heavy atom. The molecule has 0 amide bonds. The number of aryl methyl sites for hydroxylation is 1. The van der Waals surface area contributed by atoms with Crippen molar-refractivity contribution in [2.45, 2.75) is 32.9 Å². The third-order valence-corrected chi connectivity index (χ3v) is 1.59. The first-order valence-corrected chi connectivity index (χ1v) is 3.80. The molecule has 0 aliphatic rings. The molecule has 0 aromatic carbocycles. The molecule has 62 valence electrons. The van der Waals surface area contributed by atoms with Crippen molar-refractivity contribution < 1.29 is 5.11 Å². The molecule has 1 heterocycles. The minimum atomic E-state index is -0.819. The van der Waals surface area contributed by atoms with Crippen LogP contribution in [0.25, 0.3) is 0 Å². The van der Waals surface area contributed by atoms with E-state index in [0.717, 1.165) is 12.2 Å². The Morgan fingerprint density at radius 2 is 2.27 bits per heavy atom. The molecule has 0 spiro atoms. The Labute approximate surface area is 66.7 Å². The van der Waals surface area contributed by atoms with Crippen LogP contribution in [-0.4, -0.2) is 14.9 Å². The third kappa shape index (κ3) is 1.80. The first-order valence-electron chi connectivity index (χ1n) is 3.80. The lowest BCUT2D eigenvalue weighted by atomic mass is 10.1. The highest BCUT2D eigenvalue weighted by molar-refractivity contribution is 5.07. The van der Waals surface area contributed by atoms with Crippen molar-refractivity contribution in [1.29, 1.82) is 0 Å². The molecule has 0 saturated carbocycles. The average Bonchev–Trinajstić information content (AvgIpc) is 2.32. The Bertz CT molecular complexity index is 234. The minimum Gasteiger partial charge on any atom is -0.384 e. The average molecular weight is 154 g/mol. The normalized spacial score (nSPS) is 12.0. The summed E-state index contributed by atoms with van der Waals surface area (Å²) in [5, 5.41) is 13.7. The van der Waals surface area contributed by atoms with Crippen molar-refractivity contribution in [2.75, 3.05) is 0 Å². The molecule has 1 aromatic heterocycles. The predicted molar refractivity (Wildman–Crippen MR) is 43.1 cm³/mol. The molecule has 0 saturated heterocycles. The summed E-state index contributed by atoms with van der Waals surface area (Å²) in [5.41, 5.74) is -0.0974. The lowest BCUT2D eigenvalue weighted by molar-refractivity contribution is 0.0731. The predicted octanol–water partition coefficient (Wildman–Crippen LogP) is 1.13. The zero-order chi connectivity index (χ0) is 8.48. The SMILES string of the molecule is CCn1ccc(C(C)(C)O)n1. The van der Waals surface area contributed by atoms with Gasteiger partial charge in [0, 0.05) is 12.7 Å². The van der Waals surface area contributed by atoms with E-state index in [-0.39, 0.29) is 0 Å². The molecule has 1 N–H and O–H groups in total. The summed E-state index contributed by atoms with van der Waals surface area (Å²) in [6.45, 7) is 6.32. The van der Waals surface area contributed by atoms with Gasteiger partial charge in [-0.15, -0.1) is 0 Å². The lowest BCUT2D eigenvalue weighted by Gasteiger charge is -2.12. The molecule has 3 heteroatoms. The second-order valence-corrected chi connectivity index (χ2v) is 3.12. The number of aromatic nitrogens is 2. The number of nitrogens with zero attached hydrogens (tertiary/aromatic N) is 2. The highest BCUT2D eigenvalue weighted by Crippen LogP contribution is 2.16. The van der Waals surface area contributed by atoms with Crippen LogP contribution in [0.3, 0.4) is 0 Å². The third-order valence-electron chi connectivity index (χ3n) is 1.59. The van der Waals surface area contributed by atoms with Gasteiger partial charge in [-0.25, -0.2) is 0 Å². The van der Waals surface area contributed by atoms with Gasteiger partial charge in [-0.3, -0.25) is 4.68 Å². The molecule has 0 bridgehead atoms. The van der Waals surface area contributed by atoms with Crippen molar-refractivity contribution in [2.24, 2.45) is 0 Å². The molecule has 0 aliphatic heterocycles. The van der Waals surface area contributed by atoms with E-state index in [9.17, 15) is 5.11 Å². The molecule has 0 radical (unpaired) electrons. The zero-order valence-electron chi connectivity index (χ0n) is 7.20. The number of hydrogen-bond acceptors (Lipinski definition) is 2. The van der Waals surface area contributed by atoms with Gasteiger partial charge >= 0.3 is 0 Å². The van der Waals surface area contributed by atoms with Gasteiger partial charge in [0.2, 0.25) is 0 Å². The summed E-state index contributed by atoms with van der Waals surface area (Å²) in [6, 6.07) is 1.84. The van der Waals surface area contributed by atoms with Crippen LogP contribution >= 0.6 is 0 Å². The summed E-state index contributed by atoms with van der Waals surface area (Å²) in [4.78, 5) is 0. The van der Waals surface area contributed by atoms with Crippen LogP contribution in [0.5, 0.6) is 0 Å². The second-order valence-electron chi connectivity index (χ2n) is 3.12. The van der Waals surface area contributed by atoms with Crippen molar-refractivity contribution in [3.8, 4) is 0 Å². The van der Waals surface area contributed by atoms with Crippen LogP contribution in [-0.2, 0) is 12.1 Å².